The molecule has 0 spiro atoms. The van der Waals surface area contributed by atoms with Crippen molar-refractivity contribution >= 4 is 28.8 Å². The zero-order valence-corrected chi connectivity index (χ0v) is 13.9. The van der Waals surface area contributed by atoms with Crippen LogP contribution in [0.5, 0.6) is 5.75 Å². The zero-order valence-electron chi connectivity index (χ0n) is 13.2. The van der Waals surface area contributed by atoms with Gasteiger partial charge in [-0.3, -0.25) is 15.5 Å². The van der Waals surface area contributed by atoms with Crippen LogP contribution >= 0.6 is 11.6 Å². The summed E-state index contributed by atoms with van der Waals surface area (Å²) >= 11 is 6.18. The van der Waals surface area contributed by atoms with Crippen molar-refractivity contribution < 1.29 is 4.74 Å². The summed E-state index contributed by atoms with van der Waals surface area (Å²) in [6.07, 6.45) is 0. The maximum atomic E-state index is 8.78. The first-order valence-corrected chi connectivity index (χ1v) is 7.28. The van der Waals surface area contributed by atoms with Crippen LogP contribution in [-0.4, -0.2) is 21.3 Å². The summed E-state index contributed by atoms with van der Waals surface area (Å²) in [6.45, 7) is 2.25. The third kappa shape index (κ3) is 4.24. The average molecular weight is 346 g/mol. The molecule has 1 aromatic heterocycles. The minimum Gasteiger partial charge on any atom is -0.486 e. The molecular weight excluding hydrogens is 330 g/mol. The number of amidine groups is 1. The Balaban J connectivity index is 2.06. The molecule has 0 aliphatic carbocycles. The highest BCUT2D eigenvalue weighted by Gasteiger charge is 2.07. The third-order valence-corrected chi connectivity index (χ3v) is 3.36. The van der Waals surface area contributed by atoms with Crippen molar-refractivity contribution in [2.75, 3.05) is 5.43 Å². The second-order valence-electron chi connectivity index (χ2n) is 4.93. The molecule has 0 aliphatic heterocycles. The number of anilines is 1. The molecule has 124 valence electrons. The first-order valence-electron chi connectivity index (χ1n) is 6.90. The Kier molecular flexibility index (Phi) is 5.39. The van der Waals surface area contributed by atoms with Gasteiger partial charge in [-0.1, -0.05) is 11.6 Å². The summed E-state index contributed by atoms with van der Waals surface area (Å²) < 4.78 is 7.44. The van der Waals surface area contributed by atoms with E-state index in [2.05, 4.69) is 15.6 Å². The second-order valence-corrected chi connectivity index (χ2v) is 5.34. The number of nitrogens with zero attached hydrogens (tertiary/aromatic N) is 4. The van der Waals surface area contributed by atoms with E-state index in [9.17, 15) is 0 Å². The number of aromatic nitrogens is 2. The van der Waals surface area contributed by atoms with Crippen LogP contribution in [-0.2, 0) is 13.7 Å². The van der Waals surface area contributed by atoms with E-state index in [1.165, 1.54) is 0 Å². The van der Waals surface area contributed by atoms with Gasteiger partial charge in [-0.2, -0.15) is 15.5 Å². The first kappa shape index (κ1) is 17.3. The minimum absolute atomic E-state index is 0.210. The Morgan fingerprint density at radius 3 is 2.83 bits per heavy atom. The molecule has 4 N–H and O–H groups in total. The molecule has 1 heterocycles. The number of aryl methyl sites for hydroxylation is 2. The lowest BCUT2D eigenvalue weighted by molar-refractivity contribution is 0.295. The summed E-state index contributed by atoms with van der Waals surface area (Å²) in [4.78, 5) is 0. The summed E-state index contributed by atoms with van der Waals surface area (Å²) in [7, 11) is 1.85. The number of hydrazone groups is 1. The predicted molar refractivity (Wildman–Crippen MR) is 92.3 cm³/mol. The number of hydrogen-bond donors (Lipinski definition) is 3. The number of nitrogens with one attached hydrogen (secondary N) is 2. The van der Waals surface area contributed by atoms with Crippen LogP contribution in [0, 0.1) is 23.7 Å². The summed E-state index contributed by atoms with van der Waals surface area (Å²) in [6, 6.07) is 8.62. The molecule has 24 heavy (non-hydrogen) atoms. The number of nitriles is 1. The largest absolute Gasteiger partial charge is 0.486 e. The van der Waals surface area contributed by atoms with Crippen molar-refractivity contribution in [3.05, 3.63) is 40.7 Å². The average Bonchev–Trinajstić information content (AvgIpc) is 2.84. The molecular formula is C15H16ClN7O. The highest BCUT2D eigenvalue weighted by atomic mass is 35.5. The molecule has 0 unspecified atom stereocenters. The molecule has 1 aromatic carbocycles. The first-order chi connectivity index (χ1) is 11.4. The van der Waals surface area contributed by atoms with E-state index in [0.29, 0.717) is 23.1 Å². The van der Waals surface area contributed by atoms with Crippen LogP contribution in [0.15, 0.2) is 29.4 Å². The SMILES string of the molecule is Cc1cc(COc2ccc(N/N=C(\C#N)C(=N)N)cc2Cl)n(C)n1. The van der Waals surface area contributed by atoms with Crippen LogP contribution in [0.2, 0.25) is 5.02 Å². The van der Waals surface area contributed by atoms with Gasteiger partial charge in [0.1, 0.15) is 18.4 Å². The van der Waals surface area contributed by atoms with Gasteiger partial charge in [-0.25, -0.2) is 0 Å². The third-order valence-electron chi connectivity index (χ3n) is 3.06. The van der Waals surface area contributed by atoms with E-state index in [0.717, 1.165) is 11.4 Å². The fourth-order valence-electron chi connectivity index (χ4n) is 1.90. The summed E-state index contributed by atoms with van der Waals surface area (Å²) in [5.74, 6) is 0.0969. The number of ether oxygens (including phenoxy) is 1. The van der Waals surface area contributed by atoms with Crippen LogP contribution in [0.1, 0.15) is 11.4 Å². The molecule has 2 rings (SSSR count). The van der Waals surface area contributed by atoms with E-state index in [1.807, 2.05) is 20.0 Å². The molecule has 8 nitrogen and oxygen atoms in total. The van der Waals surface area contributed by atoms with Gasteiger partial charge in [0.05, 0.1) is 22.1 Å². The Bertz CT molecular complexity index is 835. The lowest BCUT2D eigenvalue weighted by Gasteiger charge is -2.09. The van der Waals surface area contributed by atoms with E-state index >= 15 is 0 Å². The van der Waals surface area contributed by atoms with E-state index in [1.54, 1.807) is 29.0 Å². The monoisotopic (exact) mass is 345 g/mol. The smallest absolute Gasteiger partial charge is 0.201 e. The van der Waals surface area contributed by atoms with Gasteiger partial charge in [0.25, 0.3) is 0 Å². The van der Waals surface area contributed by atoms with E-state index in [-0.39, 0.29) is 5.71 Å². The lowest BCUT2D eigenvalue weighted by Crippen LogP contribution is -2.21. The standard InChI is InChI=1S/C15H16ClN7O/c1-9-5-11(23(2)22-9)8-24-14-4-3-10(6-12(14)16)20-21-13(7-17)15(18)19/h3-6,20H,8H2,1-2H3,(H3,18,19)/b21-13+. The fraction of sp³-hybridized carbons (Fsp3) is 0.200. The molecule has 9 heteroatoms. The molecule has 0 bridgehead atoms. The maximum absolute atomic E-state index is 8.78. The van der Waals surface area contributed by atoms with Gasteiger partial charge in [0, 0.05) is 7.05 Å². The van der Waals surface area contributed by atoms with Crippen molar-refractivity contribution in [2.45, 2.75) is 13.5 Å². The summed E-state index contributed by atoms with van der Waals surface area (Å²) in [5, 5.41) is 24.3. The number of rotatable bonds is 6. The van der Waals surface area contributed by atoms with Gasteiger partial charge in [-0.15, -0.1) is 0 Å². The van der Waals surface area contributed by atoms with Gasteiger partial charge < -0.3 is 10.5 Å². The lowest BCUT2D eigenvalue weighted by atomic mass is 10.3. The molecule has 0 aliphatic rings. The van der Waals surface area contributed by atoms with Crippen molar-refractivity contribution in [2.24, 2.45) is 17.9 Å². The van der Waals surface area contributed by atoms with Gasteiger partial charge >= 0.3 is 0 Å². The van der Waals surface area contributed by atoms with Crippen LogP contribution < -0.4 is 15.9 Å². The van der Waals surface area contributed by atoms with Crippen LogP contribution in [0.25, 0.3) is 0 Å². The fourth-order valence-corrected chi connectivity index (χ4v) is 2.14. The molecule has 0 atom stereocenters. The van der Waals surface area contributed by atoms with Crippen molar-refractivity contribution in [3.8, 4) is 11.8 Å². The van der Waals surface area contributed by atoms with Crippen molar-refractivity contribution in [1.29, 1.82) is 10.7 Å². The molecule has 0 radical (unpaired) electrons. The van der Waals surface area contributed by atoms with E-state index < -0.39 is 5.84 Å². The Labute approximate surface area is 144 Å². The quantitative estimate of drug-likeness (QED) is 0.420. The minimum atomic E-state index is -0.414. The van der Waals surface area contributed by atoms with Gasteiger partial charge in [0.2, 0.25) is 5.71 Å². The molecule has 0 saturated carbocycles. The molecule has 0 fully saturated rings. The highest BCUT2D eigenvalue weighted by molar-refractivity contribution is 6.45. The Hall–Kier alpha value is -3.05. The normalized spacial score (nSPS) is 11.0. The van der Waals surface area contributed by atoms with Crippen molar-refractivity contribution in [3.63, 3.8) is 0 Å². The number of halogens is 1. The maximum Gasteiger partial charge on any atom is 0.201 e. The van der Waals surface area contributed by atoms with Gasteiger partial charge in [-0.05, 0) is 31.2 Å². The Morgan fingerprint density at radius 1 is 1.54 bits per heavy atom. The number of nitrogens with two attached hydrogens (primary N) is 1. The van der Waals surface area contributed by atoms with Gasteiger partial charge in [0.15, 0.2) is 5.84 Å². The number of benzene rings is 1. The zero-order chi connectivity index (χ0) is 17.7. The summed E-state index contributed by atoms with van der Waals surface area (Å²) in [5.41, 5.74) is 10.0. The van der Waals surface area contributed by atoms with E-state index in [4.69, 9.17) is 32.7 Å². The molecule has 0 saturated heterocycles. The molecule has 0 amide bonds. The van der Waals surface area contributed by atoms with Crippen LogP contribution in [0.4, 0.5) is 5.69 Å². The topological polar surface area (TPSA) is 125 Å². The number of hydrogen-bond acceptors (Lipinski definition) is 6. The Morgan fingerprint density at radius 2 is 2.29 bits per heavy atom. The van der Waals surface area contributed by atoms with Crippen molar-refractivity contribution in [1.82, 2.24) is 9.78 Å². The predicted octanol–water partition coefficient (Wildman–Crippen LogP) is 2.19. The van der Waals surface area contributed by atoms with Crippen LogP contribution in [0.3, 0.4) is 0 Å². The highest BCUT2D eigenvalue weighted by Crippen LogP contribution is 2.28. The molecule has 2 aromatic rings. The second kappa shape index (κ2) is 7.48.